The van der Waals surface area contributed by atoms with Gasteiger partial charge in [0.2, 0.25) is 5.91 Å². The van der Waals surface area contributed by atoms with Crippen molar-refractivity contribution < 1.29 is 4.79 Å². The number of amides is 1. The molecule has 6 heteroatoms. The molecule has 3 aromatic rings. The number of nitrogens with zero attached hydrogens (tertiary/aromatic N) is 4. The van der Waals surface area contributed by atoms with Gasteiger partial charge in [0.1, 0.15) is 0 Å². The summed E-state index contributed by atoms with van der Waals surface area (Å²) in [6.45, 7) is 6.17. The van der Waals surface area contributed by atoms with Gasteiger partial charge in [0.15, 0.2) is 0 Å². The van der Waals surface area contributed by atoms with Gasteiger partial charge in [-0.1, -0.05) is 32.0 Å². The maximum Gasteiger partial charge on any atom is 0.224 e. The fourth-order valence-electron chi connectivity index (χ4n) is 3.14. The van der Waals surface area contributed by atoms with Gasteiger partial charge >= 0.3 is 0 Å². The van der Waals surface area contributed by atoms with E-state index in [9.17, 15) is 4.79 Å². The second-order valence-corrected chi connectivity index (χ2v) is 6.81. The normalized spacial score (nSPS) is 11.1. The molecule has 1 N–H and O–H groups in total. The Bertz CT molecular complexity index is 892. The molecule has 6 nitrogen and oxygen atoms in total. The van der Waals surface area contributed by atoms with Gasteiger partial charge in [-0.15, -0.1) is 0 Å². The lowest BCUT2D eigenvalue weighted by Crippen LogP contribution is -2.14. The number of rotatable bonds is 6. The van der Waals surface area contributed by atoms with Crippen molar-refractivity contribution in [3.8, 4) is 5.69 Å². The largest absolute Gasteiger partial charge is 0.323 e. The lowest BCUT2D eigenvalue weighted by atomic mass is 10.1. The van der Waals surface area contributed by atoms with Crippen LogP contribution in [0.1, 0.15) is 43.1 Å². The van der Waals surface area contributed by atoms with Crippen LogP contribution in [0.15, 0.2) is 42.7 Å². The number of nitrogens with one attached hydrogen (secondary N) is 1. The van der Waals surface area contributed by atoms with Crippen molar-refractivity contribution in [3.63, 3.8) is 0 Å². The maximum atomic E-state index is 12.4. The molecule has 26 heavy (non-hydrogen) atoms. The molecule has 0 unspecified atom stereocenters. The molecule has 1 aromatic carbocycles. The van der Waals surface area contributed by atoms with E-state index in [2.05, 4.69) is 29.4 Å². The fourth-order valence-corrected chi connectivity index (χ4v) is 3.14. The molecule has 3 rings (SSSR count). The second kappa shape index (κ2) is 7.56. The van der Waals surface area contributed by atoms with Gasteiger partial charge < -0.3 is 5.32 Å². The summed E-state index contributed by atoms with van der Waals surface area (Å²) in [5.41, 5.74) is 4.84. The number of aromatic nitrogens is 4. The Kier molecular flexibility index (Phi) is 5.21. The number of para-hydroxylation sites is 1. The summed E-state index contributed by atoms with van der Waals surface area (Å²) in [7, 11) is 1.89. The van der Waals surface area contributed by atoms with Crippen LogP contribution in [0, 0.1) is 6.92 Å². The summed E-state index contributed by atoms with van der Waals surface area (Å²) in [6.07, 6.45) is 4.79. The zero-order valence-electron chi connectivity index (χ0n) is 15.7. The Labute approximate surface area is 153 Å². The van der Waals surface area contributed by atoms with Gasteiger partial charge in [-0.2, -0.15) is 10.2 Å². The molecule has 0 aliphatic carbocycles. The van der Waals surface area contributed by atoms with Crippen LogP contribution in [0.4, 0.5) is 5.69 Å². The topological polar surface area (TPSA) is 64.7 Å². The maximum absolute atomic E-state index is 12.4. The minimum Gasteiger partial charge on any atom is -0.323 e. The standard InChI is InChI=1S/C20H25N5O/c1-14(2)20-18(12-21-25(20)17-8-6-5-7-9-17)22-19(26)11-10-16-13-24(4)23-15(16)3/h5-9,12-14H,10-11H2,1-4H3,(H,22,26). The molecule has 0 atom stereocenters. The van der Waals surface area contributed by atoms with Crippen molar-refractivity contribution >= 4 is 11.6 Å². The van der Waals surface area contributed by atoms with Crippen molar-refractivity contribution in [3.05, 3.63) is 59.7 Å². The lowest BCUT2D eigenvalue weighted by molar-refractivity contribution is -0.116. The third-order valence-electron chi connectivity index (χ3n) is 4.36. The Morgan fingerprint density at radius 1 is 1.23 bits per heavy atom. The molecule has 0 aliphatic rings. The van der Waals surface area contributed by atoms with Gasteiger partial charge in [-0.05, 0) is 37.0 Å². The first-order chi connectivity index (χ1) is 12.5. The fraction of sp³-hybridized carbons (Fsp3) is 0.350. The van der Waals surface area contributed by atoms with Gasteiger partial charge in [0, 0.05) is 19.7 Å². The summed E-state index contributed by atoms with van der Waals surface area (Å²) in [5, 5.41) is 11.8. The number of hydrogen-bond donors (Lipinski definition) is 1. The van der Waals surface area contributed by atoms with Crippen LogP contribution in [0.25, 0.3) is 5.69 Å². The van der Waals surface area contributed by atoms with Crippen molar-refractivity contribution in [1.29, 1.82) is 0 Å². The highest BCUT2D eigenvalue weighted by atomic mass is 16.1. The molecule has 0 fully saturated rings. The number of anilines is 1. The molecule has 0 spiro atoms. The molecule has 0 saturated carbocycles. The first kappa shape index (κ1) is 17.9. The van der Waals surface area contributed by atoms with Crippen molar-refractivity contribution in [2.75, 3.05) is 5.32 Å². The van der Waals surface area contributed by atoms with Crippen molar-refractivity contribution in [2.24, 2.45) is 7.05 Å². The van der Waals surface area contributed by atoms with E-state index in [0.29, 0.717) is 12.8 Å². The van der Waals surface area contributed by atoms with Gasteiger partial charge in [-0.25, -0.2) is 4.68 Å². The molecule has 0 radical (unpaired) electrons. The highest BCUT2D eigenvalue weighted by molar-refractivity contribution is 5.91. The summed E-state index contributed by atoms with van der Waals surface area (Å²) in [5.74, 6) is 0.219. The highest BCUT2D eigenvalue weighted by Crippen LogP contribution is 2.27. The van der Waals surface area contributed by atoms with E-state index in [4.69, 9.17) is 0 Å². The lowest BCUT2D eigenvalue weighted by Gasteiger charge is -2.13. The summed E-state index contributed by atoms with van der Waals surface area (Å²) in [4.78, 5) is 12.4. The van der Waals surface area contributed by atoms with E-state index in [-0.39, 0.29) is 11.8 Å². The number of benzene rings is 1. The predicted octanol–water partition coefficient (Wildman–Crippen LogP) is 3.61. The monoisotopic (exact) mass is 351 g/mol. The molecular weight excluding hydrogens is 326 g/mol. The van der Waals surface area contributed by atoms with Crippen LogP contribution in [0.2, 0.25) is 0 Å². The molecule has 0 bridgehead atoms. The molecule has 1 amide bonds. The average Bonchev–Trinajstić information content (AvgIpc) is 3.16. The third kappa shape index (κ3) is 3.85. The van der Waals surface area contributed by atoms with Crippen molar-refractivity contribution in [2.45, 2.75) is 39.5 Å². The minimum atomic E-state index is -0.0113. The van der Waals surface area contributed by atoms with E-state index in [1.165, 1.54) is 0 Å². The summed E-state index contributed by atoms with van der Waals surface area (Å²) in [6, 6.07) is 9.96. The number of hydrogen-bond acceptors (Lipinski definition) is 3. The number of carbonyl (C=O) groups excluding carboxylic acids is 1. The second-order valence-electron chi connectivity index (χ2n) is 6.81. The Balaban J connectivity index is 1.74. The number of carbonyl (C=O) groups is 1. The molecule has 0 saturated heterocycles. The number of aryl methyl sites for hydroxylation is 3. The Hall–Kier alpha value is -2.89. The van der Waals surface area contributed by atoms with Crippen LogP contribution in [0.5, 0.6) is 0 Å². The first-order valence-electron chi connectivity index (χ1n) is 8.88. The van der Waals surface area contributed by atoms with E-state index in [1.807, 2.05) is 55.2 Å². The zero-order valence-corrected chi connectivity index (χ0v) is 15.7. The third-order valence-corrected chi connectivity index (χ3v) is 4.36. The van der Waals surface area contributed by atoms with Gasteiger partial charge in [-0.3, -0.25) is 9.48 Å². The van der Waals surface area contributed by atoms with Crippen LogP contribution in [-0.2, 0) is 18.3 Å². The van der Waals surface area contributed by atoms with Crippen LogP contribution in [-0.4, -0.2) is 25.5 Å². The molecule has 2 aromatic heterocycles. The van der Waals surface area contributed by atoms with Crippen LogP contribution >= 0.6 is 0 Å². The van der Waals surface area contributed by atoms with Crippen molar-refractivity contribution in [1.82, 2.24) is 19.6 Å². The molecule has 136 valence electrons. The molecule has 2 heterocycles. The van der Waals surface area contributed by atoms with Crippen LogP contribution < -0.4 is 5.32 Å². The summed E-state index contributed by atoms with van der Waals surface area (Å²) < 4.78 is 3.68. The van der Waals surface area contributed by atoms with E-state index in [1.54, 1.807) is 10.9 Å². The van der Waals surface area contributed by atoms with Crippen LogP contribution in [0.3, 0.4) is 0 Å². The average molecular weight is 351 g/mol. The SMILES string of the molecule is Cc1nn(C)cc1CCC(=O)Nc1cnn(-c2ccccc2)c1C(C)C. The Morgan fingerprint density at radius 2 is 1.96 bits per heavy atom. The highest BCUT2D eigenvalue weighted by Gasteiger charge is 2.17. The smallest absolute Gasteiger partial charge is 0.224 e. The Morgan fingerprint density at radius 3 is 2.58 bits per heavy atom. The van der Waals surface area contributed by atoms with E-state index >= 15 is 0 Å². The van der Waals surface area contributed by atoms with Gasteiger partial charge in [0.05, 0.1) is 29.0 Å². The van der Waals surface area contributed by atoms with E-state index < -0.39 is 0 Å². The molecular formula is C20H25N5O. The molecule has 0 aliphatic heterocycles. The minimum absolute atomic E-state index is 0.0113. The first-order valence-corrected chi connectivity index (χ1v) is 8.88. The zero-order chi connectivity index (χ0) is 18.7. The van der Waals surface area contributed by atoms with Gasteiger partial charge in [0.25, 0.3) is 0 Å². The quantitative estimate of drug-likeness (QED) is 0.738. The van der Waals surface area contributed by atoms with E-state index in [0.717, 1.165) is 28.3 Å². The predicted molar refractivity (Wildman–Crippen MR) is 103 cm³/mol. The summed E-state index contributed by atoms with van der Waals surface area (Å²) >= 11 is 0.